The molecule has 1 aromatic heterocycles. The van der Waals surface area contributed by atoms with Crippen molar-refractivity contribution in [2.75, 3.05) is 18.1 Å². The number of aromatic nitrogens is 1. The Bertz CT molecular complexity index is 400. The van der Waals surface area contributed by atoms with Crippen molar-refractivity contribution in [3.8, 4) is 0 Å². The Kier molecular flexibility index (Phi) is 3.94. The van der Waals surface area contributed by atoms with E-state index in [-0.39, 0.29) is 0 Å². The van der Waals surface area contributed by atoms with Gasteiger partial charge in [0.15, 0.2) is 0 Å². The lowest BCUT2D eigenvalue weighted by atomic mass is 10.1. The molecule has 16 heavy (non-hydrogen) atoms. The molecule has 0 saturated carbocycles. The molecule has 0 aliphatic carbocycles. The van der Waals surface area contributed by atoms with E-state index in [0.717, 1.165) is 31.5 Å². The predicted molar refractivity (Wildman–Crippen MR) is 65.5 cm³/mol. The number of hydrogen-bond acceptors (Lipinski definition) is 5. The summed E-state index contributed by atoms with van der Waals surface area (Å²) in [7, 11) is -2.73. The fourth-order valence-corrected chi connectivity index (χ4v) is 3.94. The number of thiazole rings is 1. The topological polar surface area (TPSA) is 59.1 Å². The quantitative estimate of drug-likeness (QED) is 0.872. The van der Waals surface area contributed by atoms with Crippen LogP contribution in [0.2, 0.25) is 0 Å². The van der Waals surface area contributed by atoms with Gasteiger partial charge in [0.05, 0.1) is 22.7 Å². The summed E-state index contributed by atoms with van der Waals surface area (Å²) in [5, 5.41) is 5.45. The Labute approximate surface area is 100 Å². The van der Waals surface area contributed by atoms with Crippen molar-refractivity contribution in [2.24, 2.45) is 0 Å². The molecule has 2 rings (SSSR count). The van der Waals surface area contributed by atoms with Crippen molar-refractivity contribution in [2.45, 2.75) is 25.3 Å². The highest BCUT2D eigenvalue weighted by atomic mass is 32.2. The first-order valence-electron chi connectivity index (χ1n) is 5.46. The lowest BCUT2D eigenvalue weighted by molar-refractivity contribution is 0.466. The fourth-order valence-electron chi connectivity index (χ4n) is 1.86. The summed E-state index contributed by atoms with van der Waals surface area (Å²) in [5.41, 5.74) is 2.95. The van der Waals surface area contributed by atoms with Crippen LogP contribution in [0.5, 0.6) is 0 Å². The second-order valence-corrected chi connectivity index (χ2v) is 7.13. The van der Waals surface area contributed by atoms with Gasteiger partial charge in [-0.25, -0.2) is 13.4 Å². The molecular weight excluding hydrogens is 244 g/mol. The van der Waals surface area contributed by atoms with Gasteiger partial charge < -0.3 is 5.32 Å². The van der Waals surface area contributed by atoms with Gasteiger partial charge in [-0.3, -0.25) is 0 Å². The third-order valence-electron chi connectivity index (χ3n) is 2.85. The Morgan fingerprint density at radius 1 is 1.44 bits per heavy atom. The monoisotopic (exact) mass is 260 g/mol. The minimum atomic E-state index is -2.73. The number of rotatable bonds is 4. The number of nitrogens with zero attached hydrogens (tertiary/aromatic N) is 1. The average Bonchev–Trinajstić information content (AvgIpc) is 2.73. The van der Waals surface area contributed by atoms with E-state index in [1.54, 1.807) is 11.3 Å². The van der Waals surface area contributed by atoms with Gasteiger partial charge in [0, 0.05) is 24.4 Å². The zero-order valence-corrected chi connectivity index (χ0v) is 10.7. The molecule has 0 aromatic carbocycles. The van der Waals surface area contributed by atoms with Gasteiger partial charge in [-0.05, 0) is 12.8 Å². The maximum absolute atomic E-state index is 11.2. The van der Waals surface area contributed by atoms with Gasteiger partial charge in [-0.15, -0.1) is 11.3 Å². The minimum Gasteiger partial charge on any atom is -0.314 e. The van der Waals surface area contributed by atoms with Gasteiger partial charge in [0.2, 0.25) is 0 Å². The van der Waals surface area contributed by atoms with Crippen LogP contribution >= 0.6 is 11.3 Å². The van der Waals surface area contributed by atoms with Crippen LogP contribution in [0.25, 0.3) is 0 Å². The second-order valence-electron chi connectivity index (χ2n) is 4.11. The molecule has 0 unspecified atom stereocenters. The molecule has 1 aliphatic rings. The second kappa shape index (κ2) is 5.25. The van der Waals surface area contributed by atoms with E-state index >= 15 is 0 Å². The molecule has 1 N–H and O–H groups in total. The third kappa shape index (κ3) is 3.54. The fraction of sp³-hybridized carbons (Fsp3) is 0.700. The predicted octanol–water partition coefficient (Wildman–Crippen LogP) is 0.852. The van der Waals surface area contributed by atoms with Crippen LogP contribution in [0.3, 0.4) is 0 Å². The molecule has 0 bridgehead atoms. The van der Waals surface area contributed by atoms with Crippen molar-refractivity contribution in [3.63, 3.8) is 0 Å². The number of nitrogens with one attached hydrogen (secondary N) is 1. The summed E-state index contributed by atoms with van der Waals surface area (Å²) < 4.78 is 22.4. The third-order valence-corrected chi connectivity index (χ3v) is 5.20. The maximum Gasteiger partial charge on any atom is 0.150 e. The van der Waals surface area contributed by atoms with Gasteiger partial charge in [0.25, 0.3) is 0 Å². The highest BCUT2D eigenvalue weighted by molar-refractivity contribution is 7.91. The van der Waals surface area contributed by atoms with Crippen LogP contribution in [0.1, 0.15) is 18.5 Å². The molecule has 4 nitrogen and oxygen atoms in total. The van der Waals surface area contributed by atoms with Crippen LogP contribution in [0.4, 0.5) is 0 Å². The summed E-state index contributed by atoms with van der Waals surface area (Å²) in [4.78, 5) is 4.20. The standard InChI is InChI=1S/C10H16N2O2S2/c13-16(14)5-2-9(3-6-16)11-4-1-10-7-15-8-12-10/h7-9,11H,1-6H2. The molecule has 1 aromatic rings. The van der Waals surface area contributed by atoms with Crippen LogP contribution in [0.15, 0.2) is 10.9 Å². The van der Waals surface area contributed by atoms with Crippen molar-refractivity contribution in [1.82, 2.24) is 10.3 Å². The van der Waals surface area contributed by atoms with Crippen molar-refractivity contribution < 1.29 is 8.42 Å². The Balaban J connectivity index is 1.68. The summed E-state index contributed by atoms with van der Waals surface area (Å²) in [6.07, 6.45) is 2.42. The Hall–Kier alpha value is -0.460. The van der Waals surface area contributed by atoms with E-state index < -0.39 is 9.84 Å². The van der Waals surface area contributed by atoms with Gasteiger partial charge in [-0.1, -0.05) is 0 Å². The summed E-state index contributed by atoms with van der Waals surface area (Å²) >= 11 is 1.61. The van der Waals surface area contributed by atoms with Gasteiger partial charge >= 0.3 is 0 Å². The molecule has 2 heterocycles. The van der Waals surface area contributed by atoms with E-state index in [9.17, 15) is 8.42 Å². The number of hydrogen-bond donors (Lipinski definition) is 1. The van der Waals surface area contributed by atoms with Crippen LogP contribution in [-0.2, 0) is 16.3 Å². The molecular formula is C10H16N2O2S2. The van der Waals surface area contributed by atoms with Gasteiger partial charge in [0.1, 0.15) is 9.84 Å². The van der Waals surface area contributed by atoms with Crippen molar-refractivity contribution in [3.05, 3.63) is 16.6 Å². The largest absolute Gasteiger partial charge is 0.314 e. The summed E-state index contributed by atoms with van der Waals surface area (Å²) in [5.74, 6) is 0.669. The summed E-state index contributed by atoms with van der Waals surface area (Å²) in [6, 6.07) is 0.363. The van der Waals surface area contributed by atoms with Crippen molar-refractivity contribution in [1.29, 1.82) is 0 Å². The lowest BCUT2D eigenvalue weighted by Crippen LogP contribution is -2.38. The highest BCUT2D eigenvalue weighted by Gasteiger charge is 2.22. The lowest BCUT2D eigenvalue weighted by Gasteiger charge is -2.22. The van der Waals surface area contributed by atoms with Crippen LogP contribution in [-0.4, -0.2) is 37.5 Å². The first-order chi connectivity index (χ1) is 7.66. The first-order valence-corrected chi connectivity index (χ1v) is 8.23. The molecule has 0 radical (unpaired) electrons. The molecule has 1 aliphatic heterocycles. The minimum absolute atomic E-state index is 0.335. The Morgan fingerprint density at radius 3 is 2.81 bits per heavy atom. The van der Waals surface area contributed by atoms with E-state index in [1.165, 1.54) is 0 Å². The first kappa shape index (κ1) is 12.0. The number of sulfone groups is 1. The normalized spacial score (nSPS) is 21.0. The zero-order chi connectivity index (χ0) is 11.4. The molecule has 90 valence electrons. The summed E-state index contributed by atoms with van der Waals surface area (Å²) in [6.45, 7) is 0.883. The molecule has 0 atom stereocenters. The SMILES string of the molecule is O=S1(=O)CCC(NCCc2cscn2)CC1. The highest BCUT2D eigenvalue weighted by Crippen LogP contribution is 2.12. The van der Waals surface area contributed by atoms with Crippen LogP contribution in [0, 0.1) is 0 Å². The molecule has 1 saturated heterocycles. The smallest absolute Gasteiger partial charge is 0.150 e. The average molecular weight is 260 g/mol. The van der Waals surface area contributed by atoms with E-state index in [0.29, 0.717) is 17.5 Å². The van der Waals surface area contributed by atoms with E-state index in [4.69, 9.17) is 0 Å². The van der Waals surface area contributed by atoms with E-state index in [1.807, 2.05) is 10.9 Å². The maximum atomic E-state index is 11.2. The molecule has 0 amide bonds. The van der Waals surface area contributed by atoms with Crippen LogP contribution < -0.4 is 5.32 Å². The zero-order valence-electron chi connectivity index (χ0n) is 9.05. The molecule has 1 fully saturated rings. The Morgan fingerprint density at radius 2 is 2.19 bits per heavy atom. The van der Waals surface area contributed by atoms with Gasteiger partial charge in [-0.2, -0.15) is 0 Å². The molecule has 6 heteroatoms. The van der Waals surface area contributed by atoms with E-state index in [2.05, 4.69) is 10.3 Å². The van der Waals surface area contributed by atoms with Crippen molar-refractivity contribution >= 4 is 21.2 Å². The molecule has 0 spiro atoms.